The van der Waals surface area contributed by atoms with Crippen molar-refractivity contribution in [2.24, 2.45) is 11.8 Å². The van der Waals surface area contributed by atoms with Gasteiger partial charge in [-0.1, -0.05) is 0 Å². The predicted molar refractivity (Wildman–Crippen MR) is 49.9 cm³/mol. The van der Waals surface area contributed by atoms with E-state index >= 15 is 0 Å². The quantitative estimate of drug-likeness (QED) is 0.655. The first kappa shape index (κ1) is 9.36. The van der Waals surface area contributed by atoms with Crippen molar-refractivity contribution in [2.75, 3.05) is 31.7 Å². The number of hydrogen-bond acceptors (Lipinski definition) is 3. The molecule has 2 unspecified atom stereocenters. The molecule has 0 aromatic heterocycles. The molecule has 0 amide bonds. The molecule has 1 heterocycles. The molecule has 0 aromatic rings. The van der Waals surface area contributed by atoms with Gasteiger partial charge in [-0.2, -0.15) is 11.8 Å². The van der Waals surface area contributed by atoms with Crippen LogP contribution in [0.4, 0.5) is 0 Å². The summed E-state index contributed by atoms with van der Waals surface area (Å²) in [5, 5.41) is 12.2. The summed E-state index contributed by atoms with van der Waals surface area (Å²) in [7, 11) is 1.95. The number of hydrogen-bond donors (Lipinski definition) is 2. The summed E-state index contributed by atoms with van der Waals surface area (Å²) in [6.45, 7) is 1.30. The summed E-state index contributed by atoms with van der Waals surface area (Å²) < 4.78 is 0. The van der Waals surface area contributed by atoms with Crippen molar-refractivity contribution in [3.8, 4) is 0 Å². The fraction of sp³-hybridized carbons (Fsp3) is 1.00. The van der Waals surface area contributed by atoms with Crippen LogP contribution in [0.25, 0.3) is 0 Å². The van der Waals surface area contributed by atoms with E-state index in [9.17, 15) is 0 Å². The summed E-state index contributed by atoms with van der Waals surface area (Å²) in [5.41, 5.74) is 0. The molecule has 1 rings (SSSR count). The first-order valence-corrected chi connectivity index (χ1v) is 5.37. The van der Waals surface area contributed by atoms with E-state index < -0.39 is 0 Å². The molecule has 11 heavy (non-hydrogen) atoms. The zero-order chi connectivity index (χ0) is 8.10. The molecule has 2 nitrogen and oxygen atoms in total. The van der Waals surface area contributed by atoms with Gasteiger partial charge in [-0.25, -0.2) is 0 Å². The molecule has 0 radical (unpaired) electrons. The summed E-state index contributed by atoms with van der Waals surface area (Å²) in [6.07, 6.45) is 1.29. The molecular weight excluding hydrogens is 158 g/mol. The maximum Gasteiger partial charge on any atom is 0.0474 e. The molecular formula is C8H17NOS. The van der Waals surface area contributed by atoms with Crippen LogP contribution in [0.15, 0.2) is 0 Å². The van der Waals surface area contributed by atoms with Crippen molar-refractivity contribution >= 4 is 11.8 Å². The highest BCUT2D eigenvalue weighted by molar-refractivity contribution is 7.99. The minimum Gasteiger partial charge on any atom is -0.396 e. The normalized spacial score (nSPS) is 27.3. The lowest BCUT2D eigenvalue weighted by molar-refractivity contribution is 0.183. The lowest BCUT2D eigenvalue weighted by Crippen LogP contribution is -2.28. The Morgan fingerprint density at radius 3 is 3.00 bits per heavy atom. The van der Waals surface area contributed by atoms with Gasteiger partial charge in [-0.3, -0.25) is 0 Å². The Kier molecular flexibility index (Phi) is 4.26. The maximum atomic E-state index is 9.07. The third-order valence-corrected chi connectivity index (χ3v) is 3.52. The molecule has 0 bridgehead atoms. The van der Waals surface area contributed by atoms with Gasteiger partial charge >= 0.3 is 0 Å². The molecule has 3 heteroatoms. The van der Waals surface area contributed by atoms with E-state index in [1.165, 1.54) is 17.9 Å². The summed E-state index contributed by atoms with van der Waals surface area (Å²) in [4.78, 5) is 0. The third-order valence-electron chi connectivity index (χ3n) is 2.33. The van der Waals surface area contributed by atoms with Gasteiger partial charge in [-0.05, 0) is 36.8 Å². The minimum atomic E-state index is 0.339. The molecule has 0 aliphatic carbocycles. The summed E-state index contributed by atoms with van der Waals surface area (Å²) in [5.74, 6) is 3.75. The van der Waals surface area contributed by atoms with Crippen molar-refractivity contribution in [1.82, 2.24) is 5.32 Å². The van der Waals surface area contributed by atoms with Crippen molar-refractivity contribution in [1.29, 1.82) is 0 Å². The SMILES string of the molecule is CNCC(CO)C1CCSC1. The highest BCUT2D eigenvalue weighted by atomic mass is 32.2. The molecule has 0 spiro atoms. The van der Waals surface area contributed by atoms with Crippen molar-refractivity contribution < 1.29 is 5.11 Å². The lowest BCUT2D eigenvalue weighted by atomic mass is 9.92. The fourth-order valence-corrected chi connectivity index (χ4v) is 2.94. The molecule has 1 aliphatic rings. The zero-order valence-corrected chi connectivity index (χ0v) is 7.86. The molecule has 1 saturated heterocycles. The van der Waals surface area contributed by atoms with Gasteiger partial charge < -0.3 is 10.4 Å². The number of aliphatic hydroxyl groups is 1. The van der Waals surface area contributed by atoms with Crippen molar-refractivity contribution in [3.05, 3.63) is 0 Å². The number of rotatable bonds is 4. The van der Waals surface area contributed by atoms with Gasteiger partial charge in [0.25, 0.3) is 0 Å². The molecule has 0 aromatic carbocycles. The molecule has 1 fully saturated rings. The third kappa shape index (κ3) is 2.65. The van der Waals surface area contributed by atoms with Crippen LogP contribution in [0.3, 0.4) is 0 Å². The van der Waals surface area contributed by atoms with Gasteiger partial charge in [0.2, 0.25) is 0 Å². The Morgan fingerprint density at radius 2 is 2.55 bits per heavy atom. The first-order valence-electron chi connectivity index (χ1n) is 4.21. The van der Waals surface area contributed by atoms with Crippen LogP contribution >= 0.6 is 11.8 Å². The number of thioether (sulfide) groups is 1. The zero-order valence-electron chi connectivity index (χ0n) is 7.05. The van der Waals surface area contributed by atoms with E-state index in [4.69, 9.17) is 5.11 Å². The number of aliphatic hydroxyl groups excluding tert-OH is 1. The highest BCUT2D eigenvalue weighted by Crippen LogP contribution is 2.29. The Morgan fingerprint density at radius 1 is 1.73 bits per heavy atom. The largest absolute Gasteiger partial charge is 0.396 e. The van der Waals surface area contributed by atoms with Crippen LogP contribution < -0.4 is 5.32 Å². The smallest absolute Gasteiger partial charge is 0.0474 e. The Hall–Kier alpha value is 0.270. The van der Waals surface area contributed by atoms with Crippen LogP contribution in [0.2, 0.25) is 0 Å². The van der Waals surface area contributed by atoms with Gasteiger partial charge in [0.05, 0.1) is 0 Å². The average Bonchev–Trinajstić information content (AvgIpc) is 2.52. The standard InChI is InChI=1S/C8H17NOS/c1-9-4-8(5-10)7-2-3-11-6-7/h7-10H,2-6H2,1H3. The first-order chi connectivity index (χ1) is 5.38. The van der Waals surface area contributed by atoms with E-state index in [-0.39, 0.29) is 0 Å². The van der Waals surface area contributed by atoms with E-state index in [1.807, 2.05) is 18.8 Å². The van der Waals surface area contributed by atoms with Crippen LogP contribution in [-0.2, 0) is 0 Å². The van der Waals surface area contributed by atoms with Crippen LogP contribution in [0.5, 0.6) is 0 Å². The molecule has 2 atom stereocenters. The average molecular weight is 175 g/mol. The number of nitrogens with one attached hydrogen (secondary N) is 1. The molecule has 66 valence electrons. The maximum absolute atomic E-state index is 9.07. The van der Waals surface area contributed by atoms with Crippen molar-refractivity contribution in [3.63, 3.8) is 0 Å². The Balaban J connectivity index is 2.27. The second-order valence-electron chi connectivity index (χ2n) is 3.12. The van der Waals surface area contributed by atoms with E-state index in [2.05, 4.69) is 5.32 Å². The van der Waals surface area contributed by atoms with Crippen LogP contribution in [0, 0.1) is 11.8 Å². The summed E-state index contributed by atoms with van der Waals surface area (Å²) >= 11 is 2.01. The van der Waals surface area contributed by atoms with Gasteiger partial charge in [0.1, 0.15) is 0 Å². The molecule has 0 saturated carbocycles. The monoisotopic (exact) mass is 175 g/mol. The minimum absolute atomic E-state index is 0.339. The van der Waals surface area contributed by atoms with Gasteiger partial charge in [0, 0.05) is 13.2 Å². The van der Waals surface area contributed by atoms with Gasteiger partial charge in [0.15, 0.2) is 0 Å². The lowest BCUT2D eigenvalue weighted by Gasteiger charge is -2.19. The van der Waals surface area contributed by atoms with Crippen LogP contribution in [0.1, 0.15) is 6.42 Å². The second kappa shape index (κ2) is 5.01. The Labute approximate surface area is 72.8 Å². The predicted octanol–water partition coefficient (Wildman–Crippen LogP) is 0.567. The van der Waals surface area contributed by atoms with E-state index in [0.29, 0.717) is 12.5 Å². The molecule has 2 N–H and O–H groups in total. The van der Waals surface area contributed by atoms with Gasteiger partial charge in [-0.15, -0.1) is 0 Å². The van der Waals surface area contributed by atoms with Crippen LogP contribution in [-0.4, -0.2) is 36.8 Å². The summed E-state index contributed by atoms with van der Waals surface area (Å²) in [6, 6.07) is 0. The molecule has 1 aliphatic heterocycles. The second-order valence-corrected chi connectivity index (χ2v) is 4.27. The van der Waals surface area contributed by atoms with Crippen molar-refractivity contribution in [2.45, 2.75) is 6.42 Å². The topological polar surface area (TPSA) is 32.3 Å². The van der Waals surface area contributed by atoms with E-state index in [1.54, 1.807) is 0 Å². The van der Waals surface area contributed by atoms with E-state index in [0.717, 1.165) is 12.5 Å². The fourth-order valence-electron chi connectivity index (χ4n) is 1.57. The Bertz CT molecular complexity index is 104. The highest BCUT2D eigenvalue weighted by Gasteiger charge is 2.23.